The number of halogens is 1. The van der Waals surface area contributed by atoms with Gasteiger partial charge in [0, 0.05) is 19.3 Å². The summed E-state index contributed by atoms with van der Waals surface area (Å²) in [5, 5.41) is 17.0. The highest BCUT2D eigenvalue weighted by Gasteiger charge is 2.15. The van der Waals surface area contributed by atoms with Crippen molar-refractivity contribution in [2.75, 3.05) is 13.1 Å². The van der Waals surface area contributed by atoms with Gasteiger partial charge in [0.15, 0.2) is 0 Å². The molecule has 6 heteroatoms. The summed E-state index contributed by atoms with van der Waals surface area (Å²) in [4.78, 5) is 16.8. The zero-order chi connectivity index (χ0) is 13.4. The number of rotatable bonds is 5. The molecule has 0 unspecified atom stereocenters. The highest BCUT2D eigenvalue weighted by atomic mass is 19.1. The van der Waals surface area contributed by atoms with Crippen LogP contribution in [-0.2, 0) is 0 Å². The van der Waals surface area contributed by atoms with Crippen LogP contribution < -0.4 is 0 Å². The molecule has 0 fully saturated rings. The Bertz CT molecular complexity index is 468. The van der Waals surface area contributed by atoms with Gasteiger partial charge in [-0.25, -0.2) is 4.98 Å². The number of hydrogen-bond donors (Lipinski definition) is 0. The van der Waals surface area contributed by atoms with Crippen molar-refractivity contribution in [1.82, 2.24) is 9.88 Å². The zero-order valence-corrected chi connectivity index (χ0v) is 9.64. The molecule has 0 N–H and O–H groups in total. The molecular weight excluding hydrogens is 235 g/mol. The van der Waals surface area contributed by atoms with Crippen LogP contribution in [0.25, 0.3) is 0 Å². The molecule has 1 amide bonds. The van der Waals surface area contributed by atoms with E-state index >= 15 is 0 Å². The SMILES string of the molecule is N#CCCN(CCC#N)C(=O)c1ccc(F)nc1. The van der Waals surface area contributed by atoms with Crippen LogP contribution in [0, 0.1) is 28.6 Å². The summed E-state index contributed by atoms with van der Waals surface area (Å²) in [5.74, 6) is -1.01. The van der Waals surface area contributed by atoms with E-state index in [2.05, 4.69) is 4.98 Å². The highest BCUT2D eigenvalue weighted by Crippen LogP contribution is 2.06. The fraction of sp³-hybridized carbons (Fsp3) is 0.333. The number of nitrogens with zero attached hydrogens (tertiary/aromatic N) is 4. The molecule has 5 nitrogen and oxygen atoms in total. The maximum atomic E-state index is 12.6. The quantitative estimate of drug-likeness (QED) is 0.737. The van der Waals surface area contributed by atoms with Crippen LogP contribution in [0.5, 0.6) is 0 Å². The molecule has 92 valence electrons. The molecule has 0 aliphatic rings. The van der Waals surface area contributed by atoms with E-state index in [-0.39, 0.29) is 37.4 Å². The maximum absolute atomic E-state index is 12.6. The van der Waals surface area contributed by atoms with Gasteiger partial charge >= 0.3 is 0 Å². The molecule has 1 heterocycles. The first-order valence-electron chi connectivity index (χ1n) is 5.33. The van der Waals surface area contributed by atoms with Crippen LogP contribution in [0.4, 0.5) is 4.39 Å². The van der Waals surface area contributed by atoms with Gasteiger partial charge in [0.05, 0.1) is 30.5 Å². The molecule has 1 aromatic rings. The maximum Gasteiger partial charge on any atom is 0.255 e. The molecule has 0 radical (unpaired) electrons. The van der Waals surface area contributed by atoms with Crippen molar-refractivity contribution in [3.05, 3.63) is 29.8 Å². The summed E-state index contributed by atoms with van der Waals surface area (Å²) in [6, 6.07) is 6.30. The summed E-state index contributed by atoms with van der Waals surface area (Å²) in [7, 11) is 0. The van der Waals surface area contributed by atoms with Gasteiger partial charge in [0.25, 0.3) is 5.91 Å². The lowest BCUT2D eigenvalue weighted by Crippen LogP contribution is -2.32. The predicted octanol–water partition coefficient (Wildman–Crippen LogP) is 1.49. The normalized spacial score (nSPS) is 9.28. The van der Waals surface area contributed by atoms with Crippen molar-refractivity contribution in [3.63, 3.8) is 0 Å². The summed E-state index contributed by atoms with van der Waals surface area (Å²) >= 11 is 0. The molecule has 0 atom stereocenters. The number of pyridine rings is 1. The molecular formula is C12H11FN4O. The monoisotopic (exact) mass is 246 g/mol. The van der Waals surface area contributed by atoms with Crippen molar-refractivity contribution in [2.45, 2.75) is 12.8 Å². The van der Waals surface area contributed by atoms with E-state index < -0.39 is 5.95 Å². The standard InChI is InChI=1S/C12H11FN4O/c13-11-4-3-10(9-16-11)12(18)17(7-1-5-14)8-2-6-15/h3-4,9H,1-2,7-8H2. The van der Waals surface area contributed by atoms with Crippen LogP contribution in [-0.4, -0.2) is 28.9 Å². The molecule has 0 spiro atoms. The van der Waals surface area contributed by atoms with Gasteiger partial charge in [-0.3, -0.25) is 4.79 Å². The fourth-order valence-electron chi connectivity index (χ4n) is 1.37. The first-order chi connectivity index (χ1) is 8.69. The molecule has 0 saturated heterocycles. The first-order valence-corrected chi connectivity index (χ1v) is 5.33. The van der Waals surface area contributed by atoms with Crippen molar-refractivity contribution in [1.29, 1.82) is 10.5 Å². The van der Waals surface area contributed by atoms with E-state index in [9.17, 15) is 9.18 Å². The van der Waals surface area contributed by atoms with Gasteiger partial charge in [-0.1, -0.05) is 0 Å². The van der Waals surface area contributed by atoms with Gasteiger partial charge in [-0.05, 0) is 12.1 Å². The third-order valence-corrected chi connectivity index (χ3v) is 2.25. The number of carbonyl (C=O) groups is 1. The van der Waals surface area contributed by atoms with Gasteiger partial charge in [-0.2, -0.15) is 14.9 Å². The second kappa shape index (κ2) is 6.97. The Hall–Kier alpha value is -2.47. The Morgan fingerprint density at radius 2 is 1.89 bits per heavy atom. The van der Waals surface area contributed by atoms with E-state index in [1.165, 1.54) is 11.0 Å². The smallest absolute Gasteiger partial charge is 0.255 e. The highest BCUT2D eigenvalue weighted by molar-refractivity contribution is 5.93. The summed E-state index contributed by atoms with van der Waals surface area (Å²) < 4.78 is 12.6. The van der Waals surface area contributed by atoms with Crippen molar-refractivity contribution >= 4 is 5.91 Å². The van der Waals surface area contributed by atoms with E-state index in [0.717, 1.165) is 12.3 Å². The van der Waals surface area contributed by atoms with E-state index in [1.54, 1.807) is 0 Å². The Morgan fingerprint density at radius 3 is 2.33 bits per heavy atom. The van der Waals surface area contributed by atoms with Crippen LogP contribution in [0.15, 0.2) is 18.3 Å². The Kier molecular flexibility index (Phi) is 5.27. The number of aromatic nitrogens is 1. The van der Waals surface area contributed by atoms with Crippen LogP contribution >= 0.6 is 0 Å². The number of hydrogen-bond acceptors (Lipinski definition) is 4. The minimum atomic E-state index is -0.660. The summed E-state index contributed by atoms with van der Waals surface area (Å²) in [5.41, 5.74) is 0.243. The minimum absolute atomic E-state index is 0.186. The van der Waals surface area contributed by atoms with Gasteiger partial charge < -0.3 is 4.90 Å². The second-order valence-electron chi connectivity index (χ2n) is 3.48. The van der Waals surface area contributed by atoms with Gasteiger partial charge in [0.1, 0.15) is 0 Å². The zero-order valence-electron chi connectivity index (χ0n) is 9.64. The van der Waals surface area contributed by atoms with Crippen molar-refractivity contribution < 1.29 is 9.18 Å². The second-order valence-corrected chi connectivity index (χ2v) is 3.48. The topological polar surface area (TPSA) is 80.8 Å². The fourth-order valence-corrected chi connectivity index (χ4v) is 1.37. The van der Waals surface area contributed by atoms with Crippen LogP contribution in [0.3, 0.4) is 0 Å². The van der Waals surface area contributed by atoms with Crippen LogP contribution in [0.2, 0.25) is 0 Å². The third-order valence-electron chi connectivity index (χ3n) is 2.25. The number of nitriles is 2. The van der Waals surface area contributed by atoms with E-state index in [0.29, 0.717) is 0 Å². The van der Waals surface area contributed by atoms with Crippen LogP contribution in [0.1, 0.15) is 23.2 Å². The van der Waals surface area contributed by atoms with Gasteiger partial charge in [-0.15, -0.1) is 0 Å². The van der Waals surface area contributed by atoms with E-state index in [1.807, 2.05) is 12.1 Å². The average molecular weight is 246 g/mol. The lowest BCUT2D eigenvalue weighted by atomic mass is 10.2. The number of carbonyl (C=O) groups excluding carboxylic acids is 1. The molecule has 0 aromatic carbocycles. The molecule has 0 aliphatic carbocycles. The summed E-state index contributed by atoms with van der Waals surface area (Å²) in [6.07, 6.45) is 1.51. The summed E-state index contributed by atoms with van der Waals surface area (Å²) in [6.45, 7) is 0.489. The molecule has 0 saturated carbocycles. The Labute approximate surface area is 104 Å². The third kappa shape index (κ3) is 3.84. The van der Waals surface area contributed by atoms with Crippen molar-refractivity contribution in [2.24, 2.45) is 0 Å². The first kappa shape index (κ1) is 13.6. The Morgan fingerprint density at radius 1 is 1.28 bits per heavy atom. The molecule has 0 aliphatic heterocycles. The minimum Gasteiger partial charge on any atom is -0.337 e. The van der Waals surface area contributed by atoms with E-state index in [4.69, 9.17) is 10.5 Å². The lowest BCUT2D eigenvalue weighted by Gasteiger charge is -2.20. The molecule has 1 aromatic heterocycles. The molecule has 1 rings (SSSR count). The lowest BCUT2D eigenvalue weighted by molar-refractivity contribution is 0.0762. The largest absolute Gasteiger partial charge is 0.337 e. The molecule has 0 bridgehead atoms. The van der Waals surface area contributed by atoms with Gasteiger partial charge in [0.2, 0.25) is 5.95 Å². The Balaban J connectivity index is 2.78. The molecule has 18 heavy (non-hydrogen) atoms. The van der Waals surface area contributed by atoms with Crippen molar-refractivity contribution in [3.8, 4) is 12.1 Å². The average Bonchev–Trinajstić information content (AvgIpc) is 2.39. The predicted molar refractivity (Wildman–Crippen MR) is 60.6 cm³/mol. The number of amides is 1.